The number of carbonyl (C=O) groups excluding carboxylic acids is 1. The molecular formula is C18H29N5O. The van der Waals surface area contributed by atoms with Crippen LogP contribution in [0.15, 0.2) is 0 Å². The summed E-state index contributed by atoms with van der Waals surface area (Å²) in [6, 6.07) is 0.259. The van der Waals surface area contributed by atoms with Gasteiger partial charge in [0.1, 0.15) is 11.6 Å². The number of carbonyl (C=O) groups is 1. The number of aryl methyl sites for hydroxylation is 1. The first-order valence-corrected chi connectivity index (χ1v) is 9.37. The monoisotopic (exact) mass is 331 g/mol. The number of fused-ring (bicyclic) bond motifs is 3. The summed E-state index contributed by atoms with van der Waals surface area (Å²) >= 11 is 0. The Bertz CT molecular complexity index is 652. The largest absolute Gasteiger partial charge is 0.338 e. The fourth-order valence-electron chi connectivity index (χ4n) is 5.31. The molecule has 2 bridgehead atoms. The van der Waals surface area contributed by atoms with Crippen molar-refractivity contribution in [2.24, 2.45) is 16.7 Å². The number of nitrogens with one attached hydrogen (secondary N) is 2. The average Bonchev–Trinajstić information content (AvgIpc) is 3.21. The van der Waals surface area contributed by atoms with Crippen LogP contribution in [0.4, 0.5) is 4.79 Å². The highest BCUT2D eigenvalue weighted by Gasteiger charge is 2.61. The second-order valence-corrected chi connectivity index (χ2v) is 8.60. The van der Waals surface area contributed by atoms with Gasteiger partial charge >= 0.3 is 6.03 Å². The summed E-state index contributed by atoms with van der Waals surface area (Å²) in [5.74, 6) is 2.83. The Kier molecular flexibility index (Phi) is 3.62. The van der Waals surface area contributed by atoms with Gasteiger partial charge in [-0.2, -0.15) is 0 Å². The Morgan fingerprint density at radius 3 is 2.88 bits per heavy atom. The molecule has 24 heavy (non-hydrogen) atoms. The van der Waals surface area contributed by atoms with E-state index in [1.807, 2.05) is 0 Å². The number of aromatic nitrogens is 3. The molecule has 0 unspecified atom stereocenters. The van der Waals surface area contributed by atoms with Gasteiger partial charge in [0.05, 0.1) is 0 Å². The normalized spacial score (nSPS) is 32.8. The molecular weight excluding hydrogens is 302 g/mol. The predicted octanol–water partition coefficient (Wildman–Crippen LogP) is 2.28. The molecule has 2 saturated carbocycles. The molecule has 3 aliphatic rings. The van der Waals surface area contributed by atoms with Gasteiger partial charge in [-0.25, -0.2) is 4.79 Å². The van der Waals surface area contributed by atoms with Crippen LogP contribution in [0.5, 0.6) is 0 Å². The number of rotatable bonds is 4. The van der Waals surface area contributed by atoms with Crippen LogP contribution in [0.25, 0.3) is 0 Å². The molecule has 1 aromatic heterocycles. The third-order valence-corrected chi connectivity index (χ3v) is 7.42. The highest BCUT2D eigenvalue weighted by atomic mass is 16.2. The molecule has 2 aliphatic carbocycles. The van der Waals surface area contributed by atoms with Crippen LogP contribution >= 0.6 is 0 Å². The van der Waals surface area contributed by atoms with Crippen LogP contribution in [-0.4, -0.2) is 33.4 Å². The van der Waals surface area contributed by atoms with Crippen molar-refractivity contribution in [2.45, 2.75) is 71.9 Å². The van der Waals surface area contributed by atoms with E-state index in [4.69, 9.17) is 0 Å². The van der Waals surface area contributed by atoms with Crippen LogP contribution in [0, 0.1) is 16.7 Å². The van der Waals surface area contributed by atoms with E-state index >= 15 is 0 Å². The standard InChI is InChI=1S/C18H29N5O/c1-17(2)12-6-8-18(17,3)13(11-12)20-16(24)19-9-7-15-22-21-14-5-4-10-23(14)15/h12-13H,4-11H2,1-3H3,(H2,19,20,24)/t12-,13-,18-/m0/s1. The summed E-state index contributed by atoms with van der Waals surface area (Å²) in [7, 11) is 0. The van der Waals surface area contributed by atoms with Crippen LogP contribution in [0.1, 0.15) is 58.1 Å². The Morgan fingerprint density at radius 2 is 2.17 bits per heavy atom. The van der Waals surface area contributed by atoms with E-state index in [1.165, 1.54) is 12.8 Å². The van der Waals surface area contributed by atoms with E-state index in [9.17, 15) is 4.79 Å². The zero-order valence-corrected chi connectivity index (χ0v) is 15.1. The van der Waals surface area contributed by atoms with Crippen LogP contribution < -0.4 is 10.6 Å². The Morgan fingerprint density at radius 1 is 1.33 bits per heavy atom. The topological polar surface area (TPSA) is 71.8 Å². The highest BCUT2D eigenvalue weighted by molar-refractivity contribution is 5.74. The van der Waals surface area contributed by atoms with E-state index in [1.54, 1.807) is 0 Å². The predicted molar refractivity (Wildman–Crippen MR) is 91.6 cm³/mol. The molecule has 3 atom stereocenters. The van der Waals surface area contributed by atoms with Crippen molar-refractivity contribution in [1.82, 2.24) is 25.4 Å². The third-order valence-electron chi connectivity index (χ3n) is 7.42. The quantitative estimate of drug-likeness (QED) is 0.889. The van der Waals surface area contributed by atoms with Gasteiger partial charge < -0.3 is 15.2 Å². The number of hydrogen-bond donors (Lipinski definition) is 2. The maximum atomic E-state index is 12.3. The lowest BCUT2D eigenvalue weighted by atomic mass is 9.69. The van der Waals surface area contributed by atoms with Crippen LogP contribution in [0.3, 0.4) is 0 Å². The molecule has 4 rings (SSSR count). The lowest BCUT2D eigenvalue weighted by Gasteiger charge is -2.39. The van der Waals surface area contributed by atoms with Crippen molar-refractivity contribution in [3.05, 3.63) is 11.6 Å². The lowest BCUT2D eigenvalue weighted by Crippen LogP contribution is -2.50. The molecule has 2 fully saturated rings. The van der Waals surface area contributed by atoms with E-state index in [2.05, 4.69) is 46.2 Å². The van der Waals surface area contributed by atoms with E-state index in [0.29, 0.717) is 18.0 Å². The Hall–Kier alpha value is -1.59. The van der Waals surface area contributed by atoms with Gasteiger partial charge in [-0.3, -0.25) is 0 Å². The molecule has 2 N–H and O–H groups in total. The molecule has 2 heterocycles. The van der Waals surface area contributed by atoms with Gasteiger partial charge in [0, 0.05) is 32.0 Å². The zero-order chi connectivity index (χ0) is 16.9. The molecule has 0 radical (unpaired) electrons. The van der Waals surface area contributed by atoms with Gasteiger partial charge in [0.15, 0.2) is 0 Å². The minimum absolute atomic E-state index is 0.0364. The Balaban J connectivity index is 1.29. The molecule has 0 saturated heterocycles. The van der Waals surface area contributed by atoms with Gasteiger partial charge in [-0.15, -0.1) is 10.2 Å². The van der Waals surface area contributed by atoms with Crippen molar-refractivity contribution in [1.29, 1.82) is 0 Å². The SMILES string of the molecule is CC1(C)[C@H]2CC[C@@]1(C)[C@@H](NC(=O)NCCc1nnc3n1CCC3)C2. The summed E-state index contributed by atoms with van der Waals surface area (Å²) in [6.07, 6.45) is 6.58. The number of amides is 2. The molecule has 1 aliphatic heterocycles. The lowest BCUT2D eigenvalue weighted by molar-refractivity contribution is 0.123. The van der Waals surface area contributed by atoms with Crippen LogP contribution in [-0.2, 0) is 19.4 Å². The fraction of sp³-hybridized carbons (Fsp3) is 0.833. The van der Waals surface area contributed by atoms with Gasteiger partial charge in [-0.1, -0.05) is 20.8 Å². The maximum Gasteiger partial charge on any atom is 0.315 e. The molecule has 0 spiro atoms. The summed E-state index contributed by atoms with van der Waals surface area (Å²) < 4.78 is 2.19. The highest BCUT2D eigenvalue weighted by Crippen LogP contribution is 2.65. The van der Waals surface area contributed by atoms with Crippen molar-refractivity contribution >= 4 is 6.03 Å². The summed E-state index contributed by atoms with van der Waals surface area (Å²) in [5.41, 5.74) is 0.551. The van der Waals surface area contributed by atoms with Crippen LogP contribution in [0.2, 0.25) is 0 Å². The molecule has 1 aromatic rings. The minimum atomic E-state index is -0.0364. The molecule has 132 valence electrons. The molecule has 0 aromatic carbocycles. The first-order valence-electron chi connectivity index (χ1n) is 9.37. The zero-order valence-electron chi connectivity index (χ0n) is 15.1. The summed E-state index contributed by atoms with van der Waals surface area (Å²) in [4.78, 5) is 12.3. The second kappa shape index (κ2) is 5.46. The smallest absolute Gasteiger partial charge is 0.315 e. The maximum absolute atomic E-state index is 12.3. The third kappa shape index (κ3) is 2.25. The van der Waals surface area contributed by atoms with E-state index in [0.717, 1.165) is 49.8 Å². The van der Waals surface area contributed by atoms with E-state index < -0.39 is 0 Å². The van der Waals surface area contributed by atoms with Gasteiger partial charge in [-0.05, 0) is 42.4 Å². The fourth-order valence-corrected chi connectivity index (χ4v) is 5.31. The molecule has 2 amide bonds. The summed E-state index contributed by atoms with van der Waals surface area (Å²) in [5, 5.41) is 14.7. The van der Waals surface area contributed by atoms with Crippen molar-refractivity contribution in [3.63, 3.8) is 0 Å². The van der Waals surface area contributed by atoms with Crippen molar-refractivity contribution in [2.75, 3.05) is 6.54 Å². The summed E-state index contributed by atoms with van der Waals surface area (Å²) in [6.45, 7) is 8.72. The minimum Gasteiger partial charge on any atom is -0.338 e. The number of hydrogen-bond acceptors (Lipinski definition) is 3. The number of nitrogens with zero attached hydrogens (tertiary/aromatic N) is 3. The van der Waals surface area contributed by atoms with Gasteiger partial charge in [0.2, 0.25) is 0 Å². The van der Waals surface area contributed by atoms with Crippen molar-refractivity contribution in [3.8, 4) is 0 Å². The first-order chi connectivity index (χ1) is 11.4. The first kappa shape index (κ1) is 15.9. The Labute approximate surface area is 143 Å². The number of urea groups is 1. The van der Waals surface area contributed by atoms with Gasteiger partial charge in [0.25, 0.3) is 0 Å². The van der Waals surface area contributed by atoms with E-state index in [-0.39, 0.29) is 11.4 Å². The van der Waals surface area contributed by atoms with Crippen molar-refractivity contribution < 1.29 is 4.79 Å². The average molecular weight is 331 g/mol. The second-order valence-electron chi connectivity index (χ2n) is 8.60. The molecule has 6 heteroatoms. The molecule has 6 nitrogen and oxygen atoms in total.